The molecule has 0 aromatic heterocycles. The van der Waals surface area contributed by atoms with Gasteiger partial charge in [0.1, 0.15) is 6.10 Å². The van der Waals surface area contributed by atoms with Crippen LogP contribution >= 0.6 is 24.8 Å². The highest BCUT2D eigenvalue weighted by molar-refractivity contribution is 5.85. The van der Waals surface area contributed by atoms with Gasteiger partial charge in [-0.25, -0.2) is 0 Å². The fourth-order valence-electron chi connectivity index (χ4n) is 2.24. The zero-order valence-electron chi connectivity index (χ0n) is 13.0. The molecule has 1 atom stereocenters. The van der Waals surface area contributed by atoms with E-state index < -0.39 is 0 Å². The van der Waals surface area contributed by atoms with Crippen molar-refractivity contribution in [2.75, 3.05) is 33.8 Å². The molecule has 126 valence electrons. The summed E-state index contributed by atoms with van der Waals surface area (Å²) in [5.74, 6) is -0.0461. The fourth-order valence-corrected chi connectivity index (χ4v) is 2.24. The van der Waals surface area contributed by atoms with Gasteiger partial charge in [-0.1, -0.05) is 24.3 Å². The van der Waals surface area contributed by atoms with E-state index in [1.54, 1.807) is 0 Å². The topological polar surface area (TPSA) is 53.6 Å². The molecule has 0 aliphatic carbocycles. The number of ether oxygens (including phenoxy) is 1. The zero-order chi connectivity index (χ0) is 14.4. The second kappa shape index (κ2) is 10.8. The summed E-state index contributed by atoms with van der Waals surface area (Å²) in [7, 11) is 4.09. The predicted octanol–water partition coefficient (Wildman–Crippen LogP) is 1.20. The van der Waals surface area contributed by atoms with Gasteiger partial charge in [-0.05, 0) is 25.2 Å². The lowest BCUT2D eigenvalue weighted by atomic mass is 10.1. The first-order valence-corrected chi connectivity index (χ1v) is 6.98. The maximum Gasteiger partial charge on any atom is 0.250 e. The lowest BCUT2D eigenvalue weighted by Gasteiger charge is -2.22. The van der Waals surface area contributed by atoms with Crippen LogP contribution in [0.1, 0.15) is 11.1 Å². The molecule has 0 radical (unpaired) electrons. The first-order valence-electron chi connectivity index (χ1n) is 6.98. The summed E-state index contributed by atoms with van der Waals surface area (Å²) in [4.78, 5) is 14.1. The number of rotatable bonds is 5. The molecule has 2 rings (SSSR count). The second-order valence-electron chi connectivity index (χ2n) is 5.34. The Morgan fingerprint density at radius 2 is 2.09 bits per heavy atom. The summed E-state index contributed by atoms with van der Waals surface area (Å²) in [6.45, 7) is 3.44. The van der Waals surface area contributed by atoms with Crippen LogP contribution in [0.15, 0.2) is 24.3 Å². The fraction of sp³-hybridized carbons (Fsp3) is 0.533. The van der Waals surface area contributed by atoms with Crippen molar-refractivity contribution < 1.29 is 9.53 Å². The van der Waals surface area contributed by atoms with Gasteiger partial charge in [0, 0.05) is 26.2 Å². The molecule has 1 aromatic rings. The molecule has 7 heteroatoms. The Bertz CT molecular complexity index is 452. The van der Waals surface area contributed by atoms with Crippen molar-refractivity contribution in [2.24, 2.45) is 0 Å². The molecule has 0 spiro atoms. The molecule has 2 N–H and O–H groups in total. The highest BCUT2D eigenvalue weighted by atomic mass is 35.5. The van der Waals surface area contributed by atoms with Crippen molar-refractivity contribution >= 4 is 30.7 Å². The minimum Gasteiger partial charge on any atom is -0.366 e. The van der Waals surface area contributed by atoms with Gasteiger partial charge in [-0.3, -0.25) is 4.79 Å². The molecule has 22 heavy (non-hydrogen) atoms. The maximum absolute atomic E-state index is 11.9. The molecular weight excluding hydrogens is 325 g/mol. The van der Waals surface area contributed by atoms with Crippen molar-refractivity contribution in [3.05, 3.63) is 35.4 Å². The number of morpholine rings is 1. The van der Waals surface area contributed by atoms with E-state index in [-0.39, 0.29) is 36.8 Å². The summed E-state index contributed by atoms with van der Waals surface area (Å²) in [5.41, 5.74) is 2.36. The number of benzene rings is 1. The minimum absolute atomic E-state index is 0. The van der Waals surface area contributed by atoms with Crippen LogP contribution in [0.2, 0.25) is 0 Å². The average molecular weight is 350 g/mol. The molecule has 1 aromatic carbocycles. The van der Waals surface area contributed by atoms with Crippen LogP contribution in [0, 0.1) is 0 Å². The molecule has 1 fully saturated rings. The third kappa shape index (κ3) is 6.94. The molecule has 1 heterocycles. The van der Waals surface area contributed by atoms with Crippen molar-refractivity contribution in [1.82, 2.24) is 15.5 Å². The minimum atomic E-state index is -0.367. The smallest absolute Gasteiger partial charge is 0.250 e. The number of amides is 1. The Morgan fingerprint density at radius 3 is 2.73 bits per heavy atom. The van der Waals surface area contributed by atoms with E-state index in [0.29, 0.717) is 19.7 Å². The van der Waals surface area contributed by atoms with Crippen LogP contribution in [0.25, 0.3) is 0 Å². The van der Waals surface area contributed by atoms with E-state index in [2.05, 4.69) is 27.7 Å². The summed E-state index contributed by atoms with van der Waals surface area (Å²) in [6, 6.07) is 8.28. The molecule has 1 unspecified atom stereocenters. The molecule has 5 nitrogen and oxygen atoms in total. The Hall–Kier alpha value is -0.850. The highest BCUT2D eigenvalue weighted by Crippen LogP contribution is 2.07. The van der Waals surface area contributed by atoms with E-state index in [0.717, 1.165) is 18.7 Å². The van der Waals surface area contributed by atoms with Crippen molar-refractivity contribution in [3.63, 3.8) is 0 Å². The average Bonchev–Trinajstić information content (AvgIpc) is 2.45. The van der Waals surface area contributed by atoms with Gasteiger partial charge >= 0.3 is 0 Å². The molecule has 1 saturated heterocycles. The lowest BCUT2D eigenvalue weighted by molar-refractivity contribution is -0.134. The zero-order valence-corrected chi connectivity index (χ0v) is 14.6. The van der Waals surface area contributed by atoms with Crippen molar-refractivity contribution in [3.8, 4) is 0 Å². The third-order valence-electron chi connectivity index (χ3n) is 3.18. The van der Waals surface area contributed by atoms with Gasteiger partial charge in [0.25, 0.3) is 5.91 Å². The molecule has 1 aliphatic rings. The summed E-state index contributed by atoms with van der Waals surface area (Å²) in [6.07, 6.45) is -0.367. The normalized spacial score (nSPS) is 17.3. The number of nitrogens with zero attached hydrogens (tertiary/aromatic N) is 1. The number of halogens is 2. The summed E-state index contributed by atoms with van der Waals surface area (Å²) >= 11 is 0. The Balaban J connectivity index is 0.00000220. The summed E-state index contributed by atoms with van der Waals surface area (Å²) < 4.78 is 5.42. The van der Waals surface area contributed by atoms with Crippen LogP contribution in [0.4, 0.5) is 0 Å². The van der Waals surface area contributed by atoms with Crippen molar-refractivity contribution in [1.29, 1.82) is 0 Å². The van der Waals surface area contributed by atoms with E-state index in [1.165, 1.54) is 5.56 Å². The first kappa shape index (κ1) is 21.1. The number of hydrogen-bond donors (Lipinski definition) is 2. The van der Waals surface area contributed by atoms with Gasteiger partial charge in [0.15, 0.2) is 0 Å². The highest BCUT2D eigenvalue weighted by Gasteiger charge is 2.21. The monoisotopic (exact) mass is 349 g/mol. The quantitative estimate of drug-likeness (QED) is 0.838. The standard InChI is InChI=1S/C15H23N3O2.2ClH/c1-18(2)11-13-5-3-4-12(8-13)9-17-15(19)14-10-16-6-7-20-14;;/h3-5,8,14,16H,6-7,9-11H2,1-2H3,(H,17,19);2*1H. The van der Waals surface area contributed by atoms with Crippen LogP contribution in [-0.2, 0) is 22.6 Å². The van der Waals surface area contributed by atoms with E-state index in [4.69, 9.17) is 4.74 Å². The van der Waals surface area contributed by atoms with Crippen LogP contribution in [0.5, 0.6) is 0 Å². The molecule has 0 saturated carbocycles. The van der Waals surface area contributed by atoms with Crippen LogP contribution in [-0.4, -0.2) is 50.7 Å². The number of hydrogen-bond acceptors (Lipinski definition) is 4. The van der Waals surface area contributed by atoms with Gasteiger partial charge in [-0.15, -0.1) is 24.8 Å². The number of carbonyl (C=O) groups excluding carboxylic acids is 1. The number of nitrogens with one attached hydrogen (secondary N) is 2. The Morgan fingerprint density at radius 1 is 1.36 bits per heavy atom. The Labute approximate surface area is 144 Å². The SMILES string of the molecule is CN(C)Cc1cccc(CNC(=O)C2CNCCO2)c1.Cl.Cl. The Kier molecular flexibility index (Phi) is 10.4. The van der Waals surface area contributed by atoms with Crippen molar-refractivity contribution in [2.45, 2.75) is 19.2 Å². The largest absolute Gasteiger partial charge is 0.366 e. The van der Waals surface area contributed by atoms with Gasteiger partial charge in [0.2, 0.25) is 0 Å². The van der Waals surface area contributed by atoms with Crippen LogP contribution < -0.4 is 10.6 Å². The van der Waals surface area contributed by atoms with Gasteiger partial charge in [-0.2, -0.15) is 0 Å². The van der Waals surface area contributed by atoms with E-state index in [9.17, 15) is 4.79 Å². The number of carbonyl (C=O) groups is 1. The second-order valence-corrected chi connectivity index (χ2v) is 5.34. The third-order valence-corrected chi connectivity index (χ3v) is 3.18. The van der Waals surface area contributed by atoms with Gasteiger partial charge < -0.3 is 20.3 Å². The molecule has 1 aliphatic heterocycles. The molecule has 1 amide bonds. The van der Waals surface area contributed by atoms with E-state index in [1.807, 2.05) is 26.2 Å². The first-order chi connectivity index (χ1) is 9.65. The maximum atomic E-state index is 11.9. The summed E-state index contributed by atoms with van der Waals surface area (Å²) in [5, 5.41) is 6.08. The lowest BCUT2D eigenvalue weighted by Crippen LogP contribution is -2.47. The van der Waals surface area contributed by atoms with E-state index >= 15 is 0 Å². The predicted molar refractivity (Wildman–Crippen MR) is 92.8 cm³/mol. The molecular formula is C15H25Cl2N3O2. The van der Waals surface area contributed by atoms with Crippen LogP contribution in [0.3, 0.4) is 0 Å². The molecule has 0 bridgehead atoms. The van der Waals surface area contributed by atoms with Gasteiger partial charge in [0.05, 0.1) is 6.61 Å².